The van der Waals surface area contributed by atoms with Gasteiger partial charge in [0.15, 0.2) is 0 Å². The smallest absolute Gasteiger partial charge is 0.328 e. The van der Waals surface area contributed by atoms with E-state index in [0.717, 1.165) is 17.9 Å². The normalized spacial score (nSPS) is 16.2. The van der Waals surface area contributed by atoms with Crippen LogP contribution in [0.5, 0.6) is 5.75 Å². The highest BCUT2D eigenvalue weighted by molar-refractivity contribution is 5.81. The van der Waals surface area contributed by atoms with Gasteiger partial charge in [0.2, 0.25) is 0 Å². The van der Waals surface area contributed by atoms with Gasteiger partial charge in [0.25, 0.3) is 0 Å². The fourth-order valence-electron chi connectivity index (χ4n) is 2.55. The van der Waals surface area contributed by atoms with Gasteiger partial charge in [-0.05, 0) is 51.0 Å². The van der Waals surface area contributed by atoms with Gasteiger partial charge in [0.05, 0.1) is 6.61 Å². The van der Waals surface area contributed by atoms with E-state index < -0.39 is 5.97 Å². The van der Waals surface area contributed by atoms with Crippen molar-refractivity contribution in [3.05, 3.63) is 59.2 Å². The van der Waals surface area contributed by atoms with Crippen molar-refractivity contribution in [1.29, 1.82) is 0 Å². The second-order valence-corrected chi connectivity index (χ2v) is 6.83. The molecule has 1 N–H and O–H groups in total. The molecular weight excluding hydrogens is 300 g/mol. The summed E-state index contributed by atoms with van der Waals surface area (Å²) in [4.78, 5) is 9.97. The molecule has 1 heterocycles. The molecule has 0 radical (unpaired) electrons. The van der Waals surface area contributed by atoms with Gasteiger partial charge in [-0.15, -0.1) is 0 Å². The van der Waals surface area contributed by atoms with Gasteiger partial charge < -0.3 is 9.84 Å². The number of hydrogen-bond acceptors (Lipinski definition) is 2. The van der Waals surface area contributed by atoms with E-state index in [9.17, 15) is 4.79 Å². The molecule has 0 bridgehead atoms. The molecule has 0 saturated carbocycles. The summed E-state index contributed by atoms with van der Waals surface area (Å²) < 4.78 is 5.84. The standard InChI is InChI=1S/C14H18O.C7H10O2/c1-10-5-6-13-12(7-10)11(2)8-14(3,4)9-15-13;1-3-4-6(2)5-7(8)9/h5-8H,9H2,1-4H3;3-5H,1-2H3,(H,8,9)/b;4-3+,6-5+. The van der Waals surface area contributed by atoms with Gasteiger partial charge in [-0.2, -0.15) is 0 Å². The number of aryl methyl sites for hydroxylation is 1. The lowest BCUT2D eigenvalue weighted by molar-refractivity contribution is -0.131. The summed E-state index contributed by atoms with van der Waals surface area (Å²) in [6.07, 6.45) is 7.02. The maximum atomic E-state index is 9.97. The van der Waals surface area contributed by atoms with Crippen LogP contribution in [0.3, 0.4) is 0 Å². The number of allylic oxidation sites excluding steroid dienone is 4. The Morgan fingerprint density at radius 3 is 2.54 bits per heavy atom. The molecule has 0 amide bonds. The van der Waals surface area contributed by atoms with Crippen molar-refractivity contribution in [2.45, 2.75) is 41.5 Å². The number of hydrogen-bond donors (Lipinski definition) is 1. The van der Waals surface area contributed by atoms with Gasteiger partial charge in [-0.3, -0.25) is 0 Å². The molecule has 2 rings (SSSR count). The third-order valence-electron chi connectivity index (χ3n) is 3.55. The Balaban J connectivity index is 0.000000277. The summed E-state index contributed by atoms with van der Waals surface area (Å²) in [5.74, 6) is 0.116. The minimum absolute atomic E-state index is 0.122. The summed E-state index contributed by atoms with van der Waals surface area (Å²) in [6.45, 7) is 13.0. The van der Waals surface area contributed by atoms with Crippen molar-refractivity contribution in [3.8, 4) is 5.75 Å². The van der Waals surface area contributed by atoms with E-state index in [1.54, 1.807) is 19.1 Å². The highest BCUT2D eigenvalue weighted by Gasteiger charge is 2.21. The molecule has 0 fully saturated rings. The van der Waals surface area contributed by atoms with Crippen molar-refractivity contribution in [3.63, 3.8) is 0 Å². The molecule has 1 aromatic rings. The molecule has 3 nitrogen and oxygen atoms in total. The monoisotopic (exact) mass is 328 g/mol. The van der Waals surface area contributed by atoms with Crippen LogP contribution >= 0.6 is 0 Å². The zero-order valence-electron chi connectivity index (χ0n) is 15.5. The first-order valence-corrected chi connectivity index (χ1v) is 8.12. The maximum Gasteiger partial charge on any atom is 0.328 e. The van der Waals surface area contributed by atoms with Crippen molar-refractivity contribution >= 4 is 11.5 Å². The van der Waals surface area contributed by atoms with Crippen LogP contribution in [0.15, 0.2) is 48.1 Å². The Morgan fingerprint density at radius 1 is 1.29 bits per heavy atom. The number of carbonyl (C=O) groups is 1. The van der Waals surface area contributed by atoms with E-state index >= 15 is 0 Å². The van der Waals surface area contributed by atoms with Crippen LogP contribution in [0, 0.1) is 12.3 Å². The molecular formula is C21H28O3. The van der Waals surface area contributed by atoms with Crippen LogP contribution in [-0.4, -0.2) is 17.7 Å². The number of fused-ring (bicyclic) bond motifs is 1. The van der Waals surface area contributed by atoms with Crippen LogP contribution in [-0.2, 0) is 4.79 Å². The summed E-state index contributed by atoms with van der Waals surface area (Å²) in [5.41, 5.74) is 4.71. The zero-order valence-corrected chi connectivity index (χ0v) is 15.5. The molecule has 0 aromatic heterocycles. The predicted octanol–water partition coefficient (Wildman–Crippen LogP) is 5.41. The Kier molecular flexibility index (Phi) is 7.02. The van der Waals surface area contributed by atoms with Crippen molar-refractivity contribution in [1.82, 2.24) is 0 Å². The van der Waals surface area contributed by atoms with Crippen LogP contribution in [0.4, 0.5) is 0 Å². The lowest BCUT2D eigenvalue weighted by atomic mass is 9.91. The lowest BCUT2D eigenvalue weighted by Crippen LogP contribution is -2.17. The molecule has 0 saturated heterocycles. The Hall–Kier alpha value is -2.29. The van der Waals surface area contributed by atoms with Crippen molar-refractivity contribution in [2.24, 2.45) is 5.41 Å². The Labute approximate surface area is 145 Å². The summed E-state index contributed by atoms with van der Waals surface area (Å²) >= 11 is 0. The first-order chi connectivity index (χ1) is 11.1. The van der Waals surface area contributed by atoms with E-state index in [1.807, 2.05) is 6.92 Å². The van der Waals surface area contributed by atoms with E-state index in [-0.39, 0.29) is 5.41 Å². The van der Waals surface area contributed by atoms with E-state index in [0.29, 0.717) is 0 Å². The first kappa shape index (κ1) is 19.8. The SMILES string of the molecule is C/C=C/C(C)=C/C(=O)O.CC1=CC(C)(C)COc2ccc(C)cc21. The topological polar surface area (TPSA) is 46.5 Å². The van der Waals surface area contributed by atoms with Crippen LogP contribution < -0.4 is 4.74 Å². The summed E-state index contributed by atoms with van der Waals surface area (Å²) in [5, 5.41) is 8.20. The lowest BCUT2D eigenvalue weighted by Gasteiger charge is -2.18. The zero-order chi connectivity index (χ0) is 18.3. The number of rotatable bonds is 2. The molecule has 1 aliphatic rings. The number of ether oxygens (including phenoxy) is 1. The van der Waals surface area contributed by atoms with E-state index in [1.165, 1.54) is 22.8 Å². The molecule has 1 aliphatic heterocycles. The molecule has 1 aromatic carbocycles. The van der Waals surface area contributed by atoms with Gasteiger partial charge in [-0.25, -0.2) is 4.79 Å². The highest BCUT2D eigenvalue weighted by Crippen LogP contribution is 2.35. The average molecular weight is 328 g/mol. The number of carboxylic acids is 1. The molecule has 0 atom stereocenters. The largest absolute Gasteiger partial charge is 0.492 e. The van der Waals surface area contributed by atoms with Gasteiger partial charge in [0.1, 0.15) is 5.75 Å². The van der Waals surface area contributed by atoms with E-state index in [4.69, 9.17) is 9.84 Å². The molecule has 24 heavy (non-hydrogen) atoms. The molecule has 0 spiro atoms. The van der Waals surface area contributed by atoms with E-state index in [2.05, 4.69) is 52.0 Å². The van der Waals surface area contributed by atoms with Crippen LogP contribution in [0.1, 0.15) is 45.7 Å². The first-order valence-electron chi connectivity index (χ1n) is 8.12. The summed E-state index contributed by atoms with van der Waals surface area (Å²) in [6, 6.07) is 6.37. The second-order valence-electron chi connectivity index (χ2n) is 6.83. The van der Waals surface area contributed by atoms with Gasteiger partial charge in [0, 0.05) is 17.1 Å². The molecule has 0 aliphatic carbocycles. The number of benzene rings is 1. The fraction of sp³-hybridized carbons (Fsp3) is 0.381. The average Bonchev–Trinajstić information content (AvgIpc) is 2.55. The quantitative estimate of drug-likeness (QED) is 0.583. The minimum atomic E-state index is -0.898. The number of carboxylic acid groups (broad SMARTS) is 1. The Bertz CT molecular complexity index is 676. The molecule has 130 valence electrons. The second kappa shape index (κ2) is 8.53. The third kappa shape index (κ3) is 6.45. The predicted molar refractivity (Wildman–Crippen MR) is 100 cm³/mol. The highest BCUT2D eigenvalue weighted by atomic mass is 16.5. The fourth-order valence-corrected chi connectivity index (χ4v) is 2.55. The Morgan fingerprint density at radius 2 is 1.96 bits per heavy atom. The van der Waals surface area contributed by atoms with Gasteiger partial charge >= 0.3 is 5.97 Å². The van der Waals surface area contributed by atoms with Crippen molar-refractivity contribution in [2.75, 3.05) is 6.61 Å². The van der Waals surface area contributed by atoms with Crippen LogP contribution in [0.25, 0.3) is 5.57 Å². The molecule has 0 unspecified atom stereocenters. The minimum Gasteiger partial charge on any atom is -0.492 e. The van der Waals surface area contributed by atoms with Crippen LogP contribution in [0.2, 0.25) is 0 Å². The number of aliphatic carboxylic acids is 1. The third-order valence-corrected chi connectivity index (χ3v) is 3.55. The molecule has 3 heteroatoms. The summed E-state index contributed by atoms with van der Waals surface area (Å²) in [7, 11) is 0. The maximum absolute atomic E-state index is 9.97. The van der Waals surface area contributed by atoms with Crippen molar-refractivity contribution < 1.29 is 14.6 Å². The van der Waals surface area contributed by atoms with Gasteiger partial charge in [-0.1, -0.05) is 43.7 Å².